The summed E-state index contributed by atoms with van der Waals surface area (Å²) in [5.41, 5.74) is 8.21. The standard InChI is InChI=1S/C33H24N4/c1-4-12-22(13-5-1)32-35-33-31(37(32)24-16-8-3-9-17-24)27-20-26-25-18-10-11-19-28(25)34-29(26)21-30(27)36(33)23-14-6-2-7-15-23/h1-21,32,34-35H. The fraction of sp³-hybridized carbons (Fsp3) is 0.0303. The molecule has 0 spiro atoms. The monoisotopic (exact) mass is 476 g/mol. The highest BCUT2D eigenvalue weighted by Crippen LogP contribution is 2.53. The summed E-state index contributed by atoms with van der Waals surface area (Å²) in [5.74, 6) is 1.11. The minimum absolute atomic E-state index is 0.0216. The Balaban J connectivity index is 1.49. The number of hydrogen-bond donors (Lipinski definition) is 2. The van der Waals surface area contributed by atoms with E-state index < -0.39 is 0 Å². The Hall–Kier alpha value is -4.96. The van der Waals surface area contributed by atoms with Gasteiger partial charge >= 0.3 is 0 Å². The van der Waals surface area contributed by atoms with Crippen LogP contribution in [0.5, 0.6) is 0 Å². The second-order valence-corrected chi connectivity index (χ2v) is 9.62. The maximum atomic E-state index is 3.92. The van der Waals surface area contributed by atoms with Crippen molar-refractivity contribution >= 4 is 49.9 Å². The molecule has 5 aromatic carbocycles. The lowest BCUT2D eigenvalue weighted by Gasteiger charge is -2.28. The van der Waals surface area contributed by atoms with Crippen LogP contribution in [0, 0.1) is 0 Å². The van der Waals surface area contributed by atoms with E-state index in [0.29, 0.717) is 0 Å². The zero-order chi connectivity index (χ0) is 24.3. The number of para-hydroxylation sites is 3. The molecule has 2 aromatic heterocycles. The first-order valence-corrected chi connectivity index (χ1v) is 12.7. The summed E-state index contributed by atoms with van der Waals surface area (Å²) < 4.78 is 2.37. The third-order valence-electron chi connectivity index (χ3n) is 7.50. The molecule has 8 rings (SSSR count). The lowest BCUT2D eigenvalue weighted by atomic mass is 10.1. The van der Waals surface area contributed by atoms with Crippen LogP contribution in [0.4, 0.5) is 17.2 Å². The average molecular weight is 477 g/mol. The largest absolute Gasteiger partial charge is 0.354 e. The number of H-pyrrole nitrogens is 1. The van der Waals surface area contributed by atoms with Crippen LogP contribution in [0.1, 0.15) is 11.7 Å². The summed E-state index contributed by atoms with van der Waals surface area (Å²) in [5, 5.41) is 7.64. The number of hydrogen-bond acceptors (Lipinski definition) is 2. The summed E-state index contributed by atoms with van der Waals surface area (Å²) in [6.07, 6.45) is -0.0216. The molecule has 1 aliphatic rings. The van der Waals surface area contributed by atoms with Crippen molar-refractivity contribution in [1.29, 1.82) is 0 Å². The van der Waals surface area contributed by atoms with E-state index in [2.05, 4.69) is 147 Å². The summed E-state index contributed by atoms with van der Waals surface area (Å²) in [6.45, 7) is 0. The van der Waals surface area contributed by atoms with Gasteiger partial charge in [0.15, 0.2) is 0 Å². The molecule has 0 amide bonds. The molecule has 0 saturated carbocycles. The van der Waals surface area contributed by atoms with E-state index in [9.17, 15) is 0 Å². The van der Waals surface area contributed by atoms with E-state index in [0.717, 1.165) is 28.2 Å². The third-order valence-corrected chi connectivity index (χ3v) is 7.50. The Labute approximate surface area is 214 Å². The first-order chi connectivity index (χ1) is 18.4. The van der Waals surface area contributed by atoms with Crippen molar-refractivity contribution in [3.05, 3.63) is 133 Å². The minimum Gasteiger partial charge on any atom is -0.354 e. The number of aromatic amines is 1. The molecule has 2 N–H and O–H groups in total. The lowest BCUT2D eigenvalue weighted by molar-refractivity contribution is 0.823. The van der Waals surface area contributed by atoms with Gasteiger partial charge in [0.2, 0.25) is 0 Å². The van der Waals surface area contributed by atoms with Crippen LogP contribution >= 0.6 is 0 Å². The molecule has 4 heteroatoms. The van der Waals surface area contributed by atoms with E-state index in [4.69, 9.17) is 0 Å². The van der Waals surface area contributed by atoms with Crippen molar-refractivity contribution in [2.45, 2.75) is 6.17 Å². The van der Waals surface area contributed by atoms with Crippen molar-refractivity contribution in [3.8, 4) is 5.69 Å². The molecule has 0 aliphatic carbocycles. The van der Waals surface area contributed by atoms with Gasteiger partial charge < -0.3 is 15.2 Å². The topological polar surface area (TPSA) is 36.0 Å². The van der Waals surface area contributed by atoms with E-state index in [1.165, 1.54) is 32.9 Å². The molecule has 37 heavy (non-hydrogen) atoms. The van der Waals surface area contributed by atoms with Crippen LogP contribution in [0.2, 0.25) is 0 Å². The number of nitrogens with one attached hydrogen (secondary N) is 2. The molecule has 3 heterocycles. The lowest BCUT2D eigenvalue weighted by Crippen LogP contribution is -2.24. The molecular weight excluding hydrogens is 452 g/mol. The molecule has 0 radical (unpaired) electrons. The molecule has 4 nitrogen and oxygen atoms in total. The highest BCUT2D eigenvalue weighted by atomic mass is 15.4. The number of nitrogens with zero attached hydrogens (tertiary/aromatic N) is 2. The minimum atomic E-state index is -0.0216. The van der Waals surface area contributed by atoms with Crippen LogP contribution in [-0.2, 0) is 0 Å². The normalized spacial score (nSPS) is 14.9. The molecule has 7 aromatic rings. The Morgan fingerprint density at radius 1 is 0.541 bits per heavy atom. The summed E-state index contributed by atoms with van der Waals surface area (Å²) in [7, 11) is 0. The number of fused-ring (bicyclic) bond motifs is 6. The quantitative estimate of drug-likeness (QED) is 0.268. The zero-order valence-electron chi connectivity index (χ0n) is 20.1. The Morgan fingerprint density at radius 3 is 1.95 bits per heavy atom. The van der Waals surface area contributed by atoms with Gasteiger partial charge in [0, 0.05) is 38.6 Å². The molecule has 0 bridgehead atoms. The van der Waals surface area contributed by atoms with Crippen molar-refractivity contribution < 1.29 is 0 Å². The van der Waals surface area contributed by atoms with Crippen molar-refractivity contribution in [2.75, 3.05) is 10.2 Å². The van der Waals surface area contributed by atoms with E-state index in [1.54, 1.807) is 0 Å². The zero-order valence-corrected chi connectivity index (χ0v) is 20.1. The van der Waals surface area contributed by atoms with Gasteiger partial charge in [-0.05, 0) is 48.0 Å². The van der Waals surface area contributed by atoms with Gasteiger partial charge in [-0.1, -0.05) is 84.9 Å². The second-order valence-electron chi connectivity index (χ2n) is 9.62. The van der Waals surface area contributed by atoms with Crippen LogP contribution < -0.4 is 10.2 Å². The molecule has 176 valence electrons. The molecule has 0 saturated heterocycles. The maximum absolute atomic E-state index is 3.92. The van der Waals surface area contributed by atoms with E-state index >= 15 is 0 Å². The van der Waals surface area contributed by atoms with Crippen LogP contribution in [0.15, 0.2) is 127 Å². The van der Waals surface area contributed by atoms with Gasteiger partial charge in [-0.25, -0.2) is 0 Å². The molecular formula is C33H24N4. The first-order valence-electron chi connectivity index (χ1n) is 12.7. The van der Waals surface area contributed by atoms with Gasteiger partial charge in [0.1, 0.15) is 12.0 Å². The summed E-state index contributed by atoms with van der Waals surface area (Å²) in [6, 6.07) is 45.3. The predicted molar refractivity (Wildman–Crippen MR) is 154 cm³/mol. The van der Waals surface area contributed by atoms with E-state index in [-0.39, 0.29) is 6.17 Å². The molecule has 1 atom stereocenters. The summed E-state index contributed by atoms with van der Waals surface area (Å²) >= 11 is 0. The number of anilines is 3. The van der Waals surface area contributed by atoms with Crippen LogP contribution in [0.25, 0.3) is 38.4 Å². The number of rotatable bonds is 3. The van der Waals surface area contributed by atoms with E-state index in [1.807, 2.05) is 0 Å². The summed E-state index contributed by atoms with van der Waals surface area (Å²) in [4.78, 5) is 6.10. The molecule has 1 aliphatic heterocycles. The van der Waals surface area contributed by atoms with Gasteiger partial charge in [-0.2, -0.15) is 0 Å². The van der Waals surface area contributed by atoms with Crippen molar-refractivity contribution in [3.63, 3.8) is 0 Å². The Kier molecular flexibility index (Phi) is 4.25. The fourth-order valence-electron chi connectivity index (χ4n) is 5.89. The number of aromatic nitrogens is 2. The fourth-order valence-corrected chi connectivity index (χ4v) is 5.89. The van der Waals surface area contributed by atoms with Crippen LogP contribution in [0.3, 0.4) is 0 Å². The smallest absolute Gasteiger partial charge is 0.138 e. The first kappa shape index (κ1) is 20.3. The maximum Gasteiger partial charge on any atom is 0.138 e. The predicted octanol–water partition coefficient (Wildman–Crippen LogP) is 8.53. The van der Waals surface area contributed by atoms with Gasteiger partial charge in [-0.3, -0.25) is 4.57 Å². The highest BCUT2D eigenvalue weighted by Gasteiger charge is 2.37. The third kappa shape index (κ3) is 2.96. The number of benzene rings is 5. The Morgan fingerprint density at radius 2 is 1.19 bits per heavy atom. The van der Waals surface area contributed by atoms with Gasteiger partial charge in [0.25, 0.3) is 0 Å². The Bertz CT molecular complexity index is 1900. The molecule has 0 fully saturated rings. The van der Waals surface area contributed by atoms with Gasteiger partial charge in [-0.15, -0.1) is 0 Å². The van der Waals surface area contributed by atoms with Crippen LogP contribution in [-0.4, -0.2) is 9.55 Å². The highest BCUT2D eigenvalue weighted by molar-refractivity contribution is 6.16. The SMILES string of the molecule is c1ccc(C2Nc3c(c4cc5c(cc4n3-c3ccccc3)[nH]c3ccccc35)N2c2ccccc2)cc1. The molecule has 1 unspecified atom stereocenters. The van der Waals surface area contributed by atoms with Gasteiger partial charge in [0.05, 0.1) is 11.2 Å². The van der Waals surface area contributed by atoms with Crippen molar-refractivity contribution in [1.82, 2.24) is 9.55 Å². The van der Waals surface area contributed by atoms with Crippen molar-refractivity contribution in [2.24, 2.45) is 0 Å². The second kappa shape index (κ2) is 7.77. The average Bonchev–Trinajstić information content (AvgIpc) is 3.61.